The van der Waals surface area contributed by atoms with Crippen LogP contribution in [-0.4, -0.2) is 36.1 Å². The number of nitrogens with zero attached hydrogens (tertiary/aromatic N) is 1. The maximum atomic E-state index is 3.84. The highest BCUT2D eigenvalue weighted by molar-refractivity contribution is 5.01. The van der Waals surface area contributed by atoms with Crippen molar-refractivity contribution in [1.82, 2.24) is 10.2 Å². The minimum atomic E-state index is 0.529. The Balaban J connectivity index is 1.91. The Morgan fingerprint density at radius 3 is 2.63 bits per heavy atom. The van der Waals surface area contributed by atoms with Gasteiger partial charge in [-0.2, -0.15) is 0 Å². The summed E-state index contributed by atoms with van der Waals surface area (Å²) in [6.07, 6.45) is 11.2. The second-order valence-corrected chi connectivity index (χ2v) is 7.28. The van der Waals surface area contributed by atoms with Gasteiger partial charge in [0.1, 0.15) is 0 Å². The van der Waals surface area contributed by atoms with Crippen molar-refractivity contribution in [3.05, 3.63) is 0 Å². The van der Waals surface area contributed by atoms with Crippen LogP contribution in [0.15, 0.2) is 0 Å². The van der Waals surface area contributed by atoms with Crippen molar-refractivity contribution >= 4 is 0 Å². The molecule has 1 spiro atoms. The van der Waals surface area contributed by atoms with Gasteiger partial charge < -0.3 is 5.32 Å². The normalized spacial score (nSPS) is 27.5. The maximum Gasteiger partial charge on any atom is 0.0334 e. The molecule has 0 amide bonds. The van der Waals surface area contributed by atoms with Crippen molar-refractivity contribution in [1.29, 1.82) is 0 Å². The molecule has 1 N–H and O–H groups in total. The van der Waals surface area contributed by atoms with Crippen molar-refractivity contribution in [2.75, 3.05) is 19.6 Å². The molecule has 1 aliphatic heterocycles. The number of hydrogen-bond donors (Lipinski definition) is 1. The quantitative estimate of drug-likeness (QED) is 0.786. The standard InChI is InChI=1S/C17H34N2/c1-4-8-16-13-19(12-7-9-15(2)3)17(14-18-16)10-5-6-11-17/h15-16,18H,4-14H2,1-3H3. The van der Waals surface area contributed by atoms with Gasteiger partial charge in [-0.25, -0.2) is 0 Å². The lowest BCUT2D eigenvalue weighted by molar-refractivity contribution is 0.0389. The minimum absolute atomic E-state index is 0.529. The van der Waals surface area contributed by atoms with Gasteiger partial charge in [0.05, 0.1) is 0 Å². The van der Waals surface area contributed by atoms with Crippen LogP contribution in [0, 0.1) is 5.92 Å². The van der Waals surface area contributed by atoms with Crippen LogP contribution in [0.3, 0.4) is 0 Å². The van der Waals surface area contributed by atoms with E-state index >= 15 is 0 Å². The van der Waals surface area contributed by atoms with Gasteiger partial charge in [-0.05, 0) is 44.6 Å². The van der Waals surface area contributed by atoms with Gasteiger partial charge in [-0.1, -0.05) is 40.0 Å². The van der Waals surface area contributed by atoms with Crippen LogP contribution in [0.25, 0.3) is 0 Å². The summed E-state index contributed by atoms with van der Waals surface area (Å²) in [7, 11) is 0. The monoisotopic (exact) mass is 266 g/mol. The second-order valence-electron chi connectivity index (χ2n) is 7.28. The molecular formula is C17H34N2. The first-order valence-corrected chi connectivity index (χ1v) is 8.65. The molecule has 0 aromatic rings. The third-order valence-corrected chi connectivity index (χ3v) is 5.21. The summed E-state index contributed by atoms with van der Waals surface area (Å²) in [5.41, 5.74) is 0.529. The van der Waals surface area contributed by atoms with Crippen molar-refractivity contribution in [3.63, 3.8) is 0 Å². The summed E-state index contributed by atoms with van der Waals surface area (Å²) >= 11 is 0. The molecule has 2 rings (SSSR count). The van der Waals surface area contributed by atoms with E-state index in [-0.39, 0.29) is 0 Å². The van der Waals surface area contributed by atoms with Gasteiger partial charge in [0.25, 0.3) is 0 Å². The fourth-order valence-corrected chi connectivity index (χ4v) is 4.06. The van der Waals surface area contributed by atoms with Gasteiger partial charge in [-0.15, -0.1) is 0 Å². The first-order chi connectivity index (χ1) is 9.16. The Morgan fingerprint density at radius 1 is 1.26 bits per heavy atom. The Hall–Kier alpha value is -0.0800. The Kier molecular flexibility index (Phi) is 5.70. The zero-order valence-corrected chi connectivity index (χ0v) is 13.4. The van der Waals surface area contributed by atoms with Crippen LogP contribution in [0.2, 0.25) is 0 Å². The SMILES string of the molecule is CCCC1CN(CCCC(C)C)C2(CCCC2)CN1. The lowest BCUT2D eigenvalue weighted by Crippen LogP contribution is -2.63. The average molecular weight is 266 g/mol. The topological polar surface area (TPSA) is 15.3 Å². The lowest BCUT2D eigenvalue weighted by Gasteiger charge is -2.48. The molecule has 1 unspecified atom stereocenters. The molecule has 0 radical (unpaired) electrons. The smallest absolute Gasteiger partial charge is 0.0334 e. The summed E-state index contributed by atoms with van der Waals surface area (Å²) in [4.78, 5) is 2.87. The van der Waals surface area contributed by atoms with E-state index in [0.29, 0.717) is 5.54 Å². The predicted octanol–water partition coefficient (Wildman–Crippen LogP) is 3.81. The van der Waals surface area contributed by atoms with Crippen LogP contribution in [-0.2, 0) is 0 Å². The van der Waals surface area contributed by atoms with Crippen molar-refractivity contribution < 1.29 is 0 Å². The third-order valence-electron chi connectivity index (χ3n) is 5.21. The molecule has 2 fully saturated rings. The number of nitrogens with one attached hydrogen (secondary N) is 1. The highest BCUT2D eigenvalue weighted by Crippen LogP contribution is 2.37. The maximum absolute atomic E-state index is 3.84. The first-order valence-electron chi connectivity index (χ1n) is 8.65. The molecule has 0 bridgehead atoms. The first kappa shape index (κ1) is 15.3. The van der Waals surface area contributed by atoms with Crippen molar-refractivity contribution in [2.45, 2.75) is 83.7 Å². The Morgan fingerprint density at radius 2 is 2.00 bits per heavy atom. The van der Waals surface area contributed by atoms with E-state index in [0.717, 1.165) is 12.0 Å². The molecule has 1 saturated carbocycles. The van der Waals surface area contributed by atoms with E-state index in [9.17, 15) is 0 Å². The highest BCUT2D eigenvalue weighted by Gasteiger charge is 2.42. The molecule has 1 atom stereocenters. The predicted molar refractivity (Wildman–Crippen MR) is 83.5 cm³/mol. The number of hydrogen-bond acceptors (Lipinski definition) is 2. The van der Waals surface area contributed by atoms with E-state index in [4.69, 9.17) is 0 Å². The highest BCUT2D eigenvalue weighted by atomic mass is 15.3. The molecule has 0 aromatic heterocycles. The second kappa shape index (κ2) is 7.08. The van der Waals surface area contributed by atoms with Crippen molar-refractivity contribution in [2.24, 2.45) is 5.92 Å². The summed E-state index contributed by atoms with van der Waals surface area (Å²) < 4.78 is 0. The largest absolute Gasteiger partial charge is 0.311 e. The molecule has 2 heteroatoms. The van der Waals surface area contributed by atoms with Gasteiger partial charge in [0.2, 0.25) is 0 Å². The third kappa shape index (κ3) is 3.95. The molecule has 1 heterocycles. The molecule has 2 aliphatic rings. The molecule has 112 valence electrons. The van der Waals surface area contributed by atoms with E-state index in [1.54, 1.807) is 0 Å². The van der Waals surface area contributed by atoms with Gasteiger partial charge >= 0.3 is 0 Å². The molecule has 2 nitrogen and oxygen atoms in total. The van der Waals surface area contributed by atoms with Gasteiger partial charge in [0, 0.05) is 24.7 Å². The van der Waals surface area contributed by atoms with Crippen LogP contribution in [0.4, 0.5) is 0 Å². The number of rotatable bonds is 6. The van der Waals surface area contributed by atoms with Crippen LogP contribution in [0.5, 0.6) is 0 Å². The van der Waals surface area contributed by atoms with Crippen molar-refractivity contribution in [3.8, 4) is 0 Å². The summed E-state index contributed by atoms with van der Waals surface area (Å²) in [6.45, 7) is 10.9. The van der Waals surface area contributed by atoms with E-state index in [2.05, 4.69) is 31.0 Å². The molecule has 1 aliphatic carbocycles. The zero-order valence-electron chi connectivity index (χ0n) is 13.4. The molecular weight excluding hydrogens is 232 g/mol. The van der Waals surface area contributed by atoms with Crippen LogP contribution >= 0.6 is 0 Å². The van der Waals surface area contributed by atoms with Crippen LogP contribution < -0.4 is 5.32 Å². The fourth-order valence-electron chi connectivity index (χ4n) is 4.06. The average Bonchev–Trinajstić information content (AvgIpc) is 2.83. The summed E-state index contributed by atoms with van der Waals surface area (Å²) in [5.74, 6) is 0.855. The fraction of sp³-hybridized carbons (Fsp3) is 1.00. The lowest BCUT2D eigenvalue weighted by atomic mass is 9.89. The Labute approximate surface area is 120 Å². The van der Waals surface area contributed by atoms with E-state index < -0.39 is 0 Å². The zero-order chi connectivity index (χ0) is 13.7. The minimum Gasteiger partial charge on any atom is -0.311 e. The van der Waals surface area contributed by atoms with Crippen LogP contribution in [0.1, 0.15) is 72.1 Å². The molecule has 1 saturated heterocycles. The summed E-state index contributed by atoms with van der Waals surface area (Å²) in [6, 6.07) is 0.746. The number of piperazine rings is 1. The Bertz CT molecular complexity index is 256. The molecule has 19 heavy (non-hydrogen) atoms. The van der Waals surface area contributed by atoms with Gasteiger partial charge in [0.15, 0.2) is 0 Å². The van der Waals surface area contributed by atoms with E-state index in [1.165, 1.54) is 71.0 Å². The van der Waals surface area contributed by atoms with E-state index in [1.807, 2.05) is 0 Å². The summed E-state index contributed by atoms with van der Waals surface area (Å²) in [5, 5.41) is 3.84. The van der Waals surface area contributed by atoms with Gasteiger partial charge in [-0.3, -0.25) is 4.90 Å². The molecule has 0 aromatic carbocycles.